The number of hydrogen-bond acceptors (Lipinski definition) is 2. The molecule has 1 rings (SSSR count). The van der Waals surface area contributed by atoms with Gasteiger partial charge in [0.25, 0.3) is 0 Å². The number of benzene rings is 1. The quantitative estimate of drug-likeness (QED) is 0.773. The highest BCUT2D eigenvalue weighted by Gasteiger charge is 2.11. The Morgan fingerprint density at radius 1 is 1.64 bits per heavy atom. The van der Waals surface area contributed by atoms with Gasteiger partial charge in [0.15, 0.2) is 0 Å². The van der Waals surface area contributed by atoms with Crippen molar-refractivity contribution in [2.75, 3.05) is 0 Å². The Morgan fingerprint density at radius 2 is 2.29 bits per heavy atom. The molecule has 14 heavy (non-hydrogen) atoms. The van der Waals surface area contributed by atoms with E-state index in [4.69, 9.17) is 10.8 Å². The summed E-state index contributed by atoms with van der Waals surface area (Å²) in [4.78, 5) is 10.4. The second kappa shape index (κ2) is 4.19. The van der Waals surface area contributed by atoms with Gasteiger partial charge in [0.05, 0.1) is 6.42 Å². The highest BCUT2D eigenvalue weighted by atomic mass is 19.1. The number of aryl methyl sites for hydroxylation is 1. The Labute approximate surface area is 81.4 Å². The van der Waals surface area contributed by atoms with Gasteiger partial charge in [0.1, 0.15) is 5.82 Å². The molecule has 0 amide bonds. The third kappa shape index (κ3) is 2.53. The van der Waals surface area contributed by atoms with Crippen molar-refractivity contribution < 1.29 is 14.3 Å². The van der Waals surface area contributed by atoms with E-state index < -0.39 is 12.0 Å². The predicted octanol–water partition coefficient (Wildman–Crippen LogP) is 1.61. The molecule has 0 radical (unpaired) electrons. The second-order valence-electron chi connectivity index (χ2n) is 3.21. The number of nitrogens with two attached hydrogens (primary N) is 1. The van der Waals surface area contributed by atoms with Gasteiger partial charge in [-0.1, -0.05) is 12.1 Å². The van der Waals surface area contributed by atoms with Gasteiger partial charge < -0.3 is 10.8 Å². The monoisotopic (exact) mass is 197 g/mol. The molecule has 1 unspecified atom stereocenters. The number of carboxylic acid groups (broad SMARTS) is 1. The van der Waals surface area contributed by atoms with Crippen molar-refractivity contribution in [3.8, 4) is 0 Å². The molecule has 3 nitrogen and oxygen atoms in total. The van der Waals surface area contributed by atoms with Gasteiger partial charge in [-0.25, -0.2) is 4.39 Å². The summed E-state index contributed by atoms with van der Waals surface area (Å²) in [5, 5.41) is 8.52. The number of halogens is 1. The molecule has 0 aromatic heterocycles. The number of rotatable bonds is 3. The number of carboxylic acids is 1. The van der Waals surface area contributed by atoms with Crippen LogP contribution in [0.1, 0.15) is 23.6 Å². The fraction of sp³-hybridized carbons (Fsp3) is 0.300. The fourth-order valence-electron chi connectivity index (χ4n) is 1.20. The second-order valence-corrected chi connectivity index (χ2v) is 3.21. The zero-order valence-corrected chi connectivity index (χ0v) is 7.83. The first-order chi connectivity index (χ1) is 6.50. The van der Waals surface area contributed by atoms with Gasteiger partial charge in [-0.2, -0.15) is 0 Å². The molecule has 0 aliphatic carbocycles. The summed E-state index contributed by atoms with van der Waals surface area (Å²) in [6, 6.07) is 3.80. The molecule has 3 N–H and O–H groups in total. The number of hydrogen-bond donors (Lipinski definition) is 2. The van der Waals surface area contributed by atoms with Crippen LogP contribution in [0.3, 0.4) is 0 Å². The lowest BCUT2D eigenvalue weighted by atomic mass is 10.0. The van der Waals surface area contributed by atoms with E-state index in [0.29, 0.717) is 11.1 Å². The Bertz CT molecular complexity index is 352. The lowest BCUT2D eigenvalue weighted by Crippen LogP contribution is -2.15. The topological polar surface area (TPSA) is 63.3 Å². The molecule has 0 saturated heterocycles. The summed E-state index contributed by atoms with van der Waals surface area (Å²) in [5.41, 5.74) is 6.73. The smallest absolute Gasteiger partial charge is 0.305 e. The third-order valence-corrected chi connectivity index (χ3v) is 2.00. The summed E-state index contributed by atoms with van der Waals surface area (Å²) in [6.07, 6.45) is -0.148. The predicted molar refractivity (Wildman–Crippen MR) is 50.3 cm³/mol. The molecule has 0 aliphatic rings. The van der Waals surface area contributed by atoms with E-state index in [0.717, 1.165) is 0 Å². The van der Waals surface area contributed by atoms with Crippen LogP contribution >= 0.6 is 0 Å². The maximum Gasteiger partial charge on any atom is 0.305 e. The number of aliphatic carboxylic acids is 1. The van der Waals surface area contributed by atoms with Crippen LogP contribution in [0.5, 0.6) is 0 Å². The molecular formula is C10H12FNO2. The van der Waals surface area contributed by atoms with E-state index in [1.165, 1.54) is 12.1 Å². The Morgan fingerprint density at radius 3 is 2.79 bits per heavy atom. The van der Waals surface area contributed by atoms with E-state index >= 15 is 0 Å². The standard InChI is InChI=1S/C10H12FNO2/c1-6-4-7(2-3-8(6)11)9(12)5-10(13)14/h2-4,9H,5,12H2,1H3,(H,13,14). The van der Waals surface area contributed by atoms with Crippen molar-refractivity contribution in [2.45, 2.75) is 19.4 Å². The molecule has 4 heteroatoms. The zero-order valence-electron chi connectivity index (χ0n) is 7.83. The molecule has 0 saturated carbocycles. The summed E-state index contributed by atoms with van der Waals surface area (Å²) >= 11 is 0. The molecule has 0 fully saturated rings. The minimum atomic E-state index is -0.959. The van der Waals surface area contributed by atoms with Gasteiger partial charge in [-0.3, -0.25) is 4.79 Å². The van der Waals surface area contributed by atoms with E-state index in [1.54, 1.807) is 13.0 Å². The van der Waals surface area contributed by atoms with Gasteiger partial charge >= 0.3 is 5.97 Å². The first-order valence-electron chi connectivity index (χ1n) is 4.24. The molecular weight excluding hydrogens is 185 g/mol. The van der Waals surface area contributed by atoms with Crippen LogP contribution in [-0.2, 0) is 4.79 Å². The molecule has 0 aliphatic heterocycles. The van der Waals surface area contributed by atoms with Crippen molar-refractivity contribution >= 4 is 5.97 Å². The van der Waals surface area contributed by atoms with Crippen molar-refractivity contribution in [3.05, 3.63) is 35.1 Å². The average molecular weight is 197 g/mol. The van der Waals surface area contributed by atoms with Crippen LogP contribution in [0, 0.1) is 12.7 Å². The van der Waals surface area contributed by atoms with Crippen LogP contribution in [0.2, 0.25) is 0 Å². The molecule has 0 spiro atoms. The minimum absolute atomic E-state index is 0.148. The van der Waals surface area contributed by atoms with E-state index in [-0.39, 0.29) is 12.2 Å². The zero-order chi connectivity index (χ0) is 10.7. The first-order valence-corrected chi connectivity index (χ1v) is 4.24. The highest BCUT2D eigenvalue weighted by molar-refractivity contribution is 5.67. The fourth-order valence-corrected chi connectivity index (χ4v) is 1.20. The van der Waals surface area contributed by atoms with Gasteiger partial charge in [0.2, 0.25) is 0 Å². The Balaban J connectivity index is 2.85. The van der Waals surface area contributed by atoms with Crippen LogP contribution in [0.15, 0.2) is 18.2 Å². The van der Waals surface area contributed by atoms with Crippen molar-refractivity contribution in [2.24, 2.45) is 5.73 Å². The largest absolute Gasteiger partial charge is 0.481 e. The molecule has 0 heterocycles. The molecule has 1 aromatic rings. The van der Waals surface area contributed by atoms with Gasteiger partial charge in [-0.05, 0) is 24.1 Å². The maximum atomic E-state index is 12.9. The lowest BCUT2D eigenvalue weighted by Gasteiger charge is -2.10. The van der Waals surface area contributed by atoms with Crippen molar-refractivity contribution in [3.63, 3.8) is 0 Å². The van der Waals surface area contributed by atoms with Crippen molar-refractivity contribution in [1.29, 1.82) is 0 Å². The van der Waals surface area contributed by atoms with Crippen molar-refractivity contribution in [1.82, 2.24) is 0 Å². The van der Waals surface area contributed by atoms with E-state index in [2.05, 4.69) is 0 Å². The van der Waals surface area contributed by atoms with Crippen LogP contribution in [0.4, 0.5) is 4.39 Å². The summed E-state index contributed by atoms with van der Waals surface area (Å²) in [6.45, 7) is 1.62. The van der Waals surface area contributed by atoms with Crippen LogP contribution < -0.4 is 5.73 Å². The first kappa shape index (κ1) is 10.7. The third-order valence-electron chi connectivity index (χ3n) is 2.00. The Kier molecular flexibility index (Phi) is 3.19. The summed E-state index contributed by atoms with van der Waals surface area (Å²) < 4.78 is 12.9. The normalized spacial score (nSPS) is 12.5. The molecule has 1 atom stereocenters. The Hall–Kier alpha value is -1.42. The summed E-state index contributed by atoms with van der Waals surface area (Å²) in [5.74, 6) is -1.27. The average Bonchev–Trinajstić information content (AvgIpc) is 2.08. The van der Waals surface area contributed by atoms with E-state index in [9.17, 15) is 9.18 Å². The molecule has 0 bridgehead atoms. The molecule has 76 valence electrons. The van der Waals surface area contributed by atoms with Crippen LogP contribution in [0.25, 0.3) is 0 Å². The van der Waals surface area contributed by atoms with Gasteiger partial charge in [-0.15, -0.1) is 0 Å². The number of carbonyl (C=O) groups is 1. The minimum Gasteiger partial charge on any atom is -0.481 e. The highest BCUT2D eigenvalue weighted by Crippen LogP contribution is 2.17. The van der Waals surface area contributed by atoms with E-state index in [1.807, 2.05) is 0 Å². The van der Waals surface area contributed by atoms with Gasteiger partial charge in [0, 0.05) is 6.04 Å². The lowest BCUT2D eigenvalue weighted by molar-refractivity contribution is -0.137. The summed E-state index contributed by atoms with van der Waals surface area (Å²) in [7, 11) is 0. The SMILES string of the molecule is Cc1cc(C(N)CC(=O)O)ccc1F. The maximum absolute atomic E-state index is 12.9. The van der Waals surface area contributed by atoms with Crippen LogP contribution in [-0.4, -0.2) is 11.1 Å². The molecule has 1 aromatic carbocycles.